The Morgan fingerprint density at radius 1 is 0.500 bits per heavy atom. The number of hydrogen-bond donors (Lipinski definition) is 0. The SMILES string of the molecule is COc1c(CCCc2ccccc2)cc(CCCc2ccccc2)c(OC)c1OC. The van der Waals surface area contributed by atoms with Crippen molar-refractivity contribution in [2.45, 2.75) is 38.5 Å². The molecule has 0 aliphatic carbocycles. The Morgan fingerprint density at radius 3 is 1.27 bits per heavy atom. The van der Waals surface area contributed by atoms with E-state index in [1.165, 1.54) is 22.3 Å². The molecule has 0 atom stereocenters. The molecule has 0 bridgehead atoms. The zero-order valence-electron chi connectivity index (χ0n) is 18.3. The fourth-order valence-electron chi connectivity index (χ4n) is 4.00. The van der Waals surface area contributed by atoms with Gasteiger partial charge in [-0.3, -0.25) is 0 Å². The monoisotopic (exact) mass is 404 g/mol. The average molecular weight is 405 g/mol. The number of aryl methyl sites for hydroxylation is 4. The Bertz CT molecular complexity index is 833. The summed E-state index contributed by atoms with van der Waals surface area (Å²) < 4.78 is 17.2. The second-order valence-corrected chi connectivity index (χ2v) is 7.47. The van der Waals surface area contributed by atoms with Gasteiger partial charge in [-0.2, -0.15) is 0 Å². The lowest BCUT2D eigenvalue weighted by molar-refractivity contribution is 0.319. The molecule has 0 fully saturated rings. The lowest BCUT2D eigenvalue weighted by atomic mass is 9.97. The molecule has 0 saturated heterocycles. The Labute approximate surface area is 180 Å². The molecule has 3 nitrogen and oxygen atoms in total. The van der Waals surface area contributed by atoms with Gasteiger partial charge in [0.1, 0.15) is 0 Å². The third-order valence-electron chi connectivity index (χ3n) is 5.47. The van der Waals surface area contributed by atoms with Gasteiger partial charge in [0.05, 0.1) is 21.3 Å². The summed E-state index contributed by atoms with van der Waals surface area (Å²) in [5.41, 5.74) is 5.08. The summed E-state index contributed by atoms with van der Waals surface area (Å²) in [6.45, 7) is 0. The number of methoxy groups -OCH3 is 3. The maximum absolute atomic E-state index is 5.74. The van der Waals surface area contributed by atoms with Crippen LogP contribution in [0.15, 0.2) is 66.7 Å². The lowest BCUT2D eigenvalue weighted by Crippen LogP contribution is -2.04. The highest BCUT2D eigenvalue weighted by Crippen LogP contribution is 2.43. The Morgan fingerprint density at radius 2 is 0.900 bits per heavy atom. The van der Waals surface area contributed by atoms with E-state index in [0.717, 1.165) is 50.0 Å². The first kappa shape index (κ1) is 21.8. The maximum Gasteiger partial charge on any atom is 0.203 e. The second kappa shape index (κ2) is 11.3. The van der Waals surface area contributed by atoms with Crippen LogP contribution in [0.5, 0.6) is 17.2 Å². The highest BCUT2D eigenvalue weighted by Gasteiger charge is 2.20. The minimum Gasteiger partial charge on any atom is -0.492 e. The zero-order chi connectivity index (χ0) is 21.2. The molecule has 0 unspecified atom stereocenters. The highest BCUT2D eigenvalue weighted by atomic mass is 16.5. The van der Waals surface area contributed by atoms with Crippen LogP contribution in [0.2, 0.25) is 0 Å². The quantitative estimate of drug-likeness (QED) is 0.389. The third kappa shape index (κ3) is 5.56. The molecule has 3 aromatic carbocycles. The molecule has 0 amide bonds. The van der Waals surface area contributed by atoms with E-state index in [-0.39, 0.29) is 0 Å². The summed E-state index contributed by atoms with van der Waals surface area (Å²) in [7, 11) is 5.09. The van der Waals surface area contributed by atoms with Crippen LogP contribution in [-0.4, -0.2) is 21.3 Å². The Balaban J connectivity index is 1.77. The summed E-state index contributed by atoms with van der Waals surface area (Å²) in [5, 5.41) is 0. The van der Waals surface area contributed by atoms with Crippen molar-refractivity contribution in [1.29, 1.82) is 0 Å². The van der Waals surface area contributed by atoms with Crippen LogP contribution in [0.25, 0.3) is 0 Å². The molecule has 0 spiro atoms. The van der Waals surface area contributed by atoms with E-state index in [1.54, 1.807) is 21.3 Å². The van der Waals surface area contributed by atoms with Crippen LogP contribution in [-0.2, 0) is 25.7 Å². The summed E-state index contributed by atoms with van der Waals surface area (Å²) >= 11 is 0. The Kier molecular flexibility index (Phi) is 8.20. The van der Waals surface area contributed by atoms with Gasteiger partial charge in [0.15, 0.2) is 11.5 Å². The summed E-state index contributed by atoms with van der Waals surface area (Å²) in [4.78, 5) is 0. The number of rotatable bonds is 11. The summed E-state index contributed by atoms with van der Waals surface area (Å²) in [6, 6.07) is 23.5. The molecule has 0 aromatic heterocycles. The van der Waals surface area contributed by atoms with Gasteiger partial charge < -0.3 is 14.2 Å². The number of benzene rings is 3. The van der Waals surface area contributed by atoms with Crippen LogP contribution < -0.4 is 14.2 Å². The molecule has 158 valence electrons. The van der Waals surface area contributed by atoms with Crippen molar-refractivity contribution in [3.05, 3.63) is 89.0 Å². The predicted molar refractivity (Wildman–Crippen MR) is 123 cm³/mol. The number of ether oxygens (including phenoxy) is 3. The first-order valence-corrected chi connectivity index (χ1v) is 10.7. The fraction of sp³-hybridized carbons (Fsp3) is 0.333. The first-order chi connectivity index (χ1) is 14.8. The molecule has 0 saturated carbocycles. The Hall–Kier alpha value is -2.94. The van der Waals surface area contributed by atoms with Gasteiger partial charge in [-0.25, -0.2) is 0 Å². The van der Waals surface area contributed by atoms with E-state index in [1.807, 2.05) is 0 Å². The van der Waals surface area contributed by atoms with Gasteiger partial charge in [0.25, 0.3) is 0 Å². The van der Waals surface area contributed by atoms with Gasteiger partial charge in [-0.1, -0.05) is 60.7 Å². The van der Waals surface area contributed by atoms with Crippen molar-refractivity contribution in [2.24, 2.45) is 0 Å². The molecular weight excluding hydrogens is 372 g/mol. The van der Waals surface area contributed by atoms with Crippen molar-refractivity contribution in [1.82, 2.24) is 0 Å². The molecule has 3 aromatic rings. The van der Waals surface area contributed by atoms with Crippen LogP contribution in [0, 0.1) is 0 Å². The minimum atomic E-state index is 0.701. The summed E-state index contributed by atoms with van der Waals surface area (Å²) in [5.74, 6) is 2.27. The van der Waals surface area contributed by atoms with E-state index in [0.29, 0.717) is 5.75 Å². The smallest absolute Gasteiger partial charge is 0.203 e. The fourth-order valence-corrected chi connectivity index (χ4v) is 4.00. The van der Waals surface area contributed by atoms with Gasteiger partial charge >= 0.3 is 0 Å². The minimum absolute atomic E-state index is 0.701. The van der Waals surface area contributed by atoms with Crippen LogP contribution in [0.4, 0.5) is 0 Å². The van der Waals surface area contributed by atoms with Crippen molar-refractivity contribution < 1.29 is 14.2 Å². The molecule has 30 heavy (non-hydrogen) atoms. The van der Waals surface area contributed by atoms with Crippen molar-refractivity contribution >= 4 is 0 Å². The second-order valence-electron chi connectivity index (χ2n) is 7.47. The van der Waals surface area contributed by atoms with Crippen molar-refractivity contribution in [2.75, 3.05) is 21.3 Å². The first-order valence-electron chi connectivity index (χ1n) is 10.7. The van der Waals surface area contributed by atoms with Gasteiger partial charge in [0, 0.05) is 0 Å². The van der Waals surface area contributed by atoms with Crippen LogP contribution in [0.1, 0.15) is 35.1 Å². The van der Waals surface area contributed by atoms with E-state index >= 15 is 0 Å². The molecule has 0 heterocycles. The largest absolute Gasteiger partial charge is 0.492 e. The standard InChI is InChI=1S/C27H32O3/c1-28-25-23(18-10-16-21-12-6-4-7-13-21)20-24(26(29-2)27(25)30-3)19-11-17-22-14-8-5-9-15-22/h4-9,12-15,20H,10-11,16-19H2,1-3H3. The van der Waals surface area contributed by atoms with Gasteiger partial charge in [-0.15, -0.1) is 0 Å². The van der Waals surface area contributed by atoms with Crippen molar-refractivity contribution in [3.8, 4) is 17.2 Å². The normalized spacial score (nSPS) is 10.6. The van der Waals surface area contributed by atoms with E-state index < -0.39 is 0 Å². The molecular formula is C27H32O3. The van der Waals surface area contributed by atoms with Crippen molar-refractivity contribution in [3.63, 3.8) is 0 Å². The average Bonchev–Trinajstić information content (AvgIpc) is 2.80. The highest BCUT2D eigenvalue weighted by molar-refractivity contribution is 5.60. The predicted octanol–water partition coefficient (Wildman–Crippen LogP) is 6.06. The molecule has 0 aliphatic heterocycles. The molecule has 3 rings (SSSR count). The molecule has 0 N–H and O–H groups in total. The lowest BCUT2D eigenvalue weighted by Gasteiger charge is -2.19. The molecule has 0 aliphatic rings. The van der Waals surface area contributed by atoms with E-state index in [4.69, 9.17) is 14.2 Å². The maximum atomic E-state index is 5.74. The molecule has 0 radical (unpaired) electrons. The molecule has 3 heteroatoms. The third-order valence-corrected chi connectivity index (χ3v) is 5.47. The van der Waals surface area contributed by atoms with Crippen LogP contribution >= 0.6 is 0 Å². The van der Waals surface area contributed by atoms with E-state index in [9.17, 15) is 0 Å². The van der Waals surface area contributed by atoms with Gasteiger partial charge in [-0.05, 0) is 66.8 Å². The van der Waals surface area contributed by atoms with Crippen LogP contribution in [0.3, 0.4) is 0 Å². The van der Waals surface area contributed by atoms with E-state index in [2.05, 4.69) is 66.7 Å². The summed E-state index contributed by atoms with van der Waals surface area (Å²) in [6.07, 6.45) is 6.07. The zero-order valence-corrected chi connectivity index (χ0v) is 18.3. The van der Waals surface area contributed by atoms with Gasteiger partial charge in [0.2, 0.25) is 5.75 Å². The topological polar surface area (TPSA) is 27.7 Å². The number of hydrogen-bond acceptors (Lipinski definition) is 3.